The SMILES string of the molecule is Cc1cccc(OC2CN(C(=O)C3CCS(=O)(=O)C3)C2)c1. The van der Waals surface area contributed by atoms with Crippen molar-refractivity contribution < 1.29 is 17.9 Å². The molecule has 0 aliphatic carbocycles. The molecule has 2 aliphatic rings. The molecule has 5 nitrogen and oxygen atoms in total. The zero-order valence-electron chi connectivity index (χ0n) is 12.0. The van der Waals surface area contributed by atoms with Gasteiger partial charge in [0.2, 0.25) is 5.91 Å². The van der Waals surface area contributed by atoms with E-state index in [1.807, 2.05) is 31.2 Å². The van der Waals surface area contributed by atoms with Crippen molar-refractivity contribution in [3.8, 4) is 5.75 Å². The third-order valence-electron chi connectivity index (χ3n) is 4.03. The zero-order chi connectivity index (χ0) is 15.0. The van der Waals surface area contributed by atoms with Gasteiger partial charge in [-0.3, -0.25) is 4.79 Å². The molecular weight excluding hydrogens is 290 g/mol. The summed E-state index contributed by atoms with van der Waals surface area (Å²) in [5.74, 6) is 0.567. The van der Waals surface area contributed by atoms with Crippen LogP contribution < -0.4 is 4.74 Å². The summed E-state index contributed by atoms with van der Waals surface area (Å²) in [7, 11) is -3.00. The number of sulfone groups is 1. The van der Waals surface area contributed by atoms with E-state index in [1.165, 1.54) is 0 Å². The summed E-state index contributed by atoms with van der Waals surface area (Å²) in [6.07, 6.45) is 0.468. The fourth-order valence-corrected chi connectivity index (χ4v) is 4.55. The number of hydrogen-bond acceptors (Lipinski definition) is 4. The van der Waals surface area contributed by atoms with Crippen molar-refractivity contribution in [3.63, 3.8) is 0 Å². The molecule has 1 atom stereocenters. The van der Waals surface area contributed by atoms with Crippen molar-refractivity contribution in [2.75, 3.05) is 24.6 Å². The fraction of sp³-hybridized carbons (Fsp3) is 0.533. The molecule has 21 heavy (non-hydrogen) atoms. The molecule has 0 N–H and O–H groups in total. The van der Waals surface area contributed by atoms with Crippen molar-refractivity contribution in [2.45, 2.75) is 19.4 Å². The Balaban J connectivity index is 1.51. The van der Waals surface area contributed by atoms with E-state index in [9.17, 15) is 13.2 Å². The van der Waals surface area contributed by atoms with E-state index in [-0.39, 0.29) is 29.4 Å². The predicted octanol–water partition coefficient (Wildman–Crippen LogP) is 1.02. The molecule has 1 aromatic carbocycles. The Morgan fingerprint density at radius 2 is 2.10 bits per heavy atom. The fourth-order valence-electron chi connectivity index (χ4n) is 2.82. The Bertz CT molecular complexity index is 649. The number of nitrogens with zero attached hydrogens (tertiary/aromatic N) is 1. The molecule has 3 rings (SSSR count). The average molecular weight is 309 g/mol. The Morgan fingerprint density at radius 3 is 2.71 bits per heavy atom. The molecule has 0 saturated carbocycles. The van der Waals surface area contributed by atoms with Gasteiger partial charge >= 0.3 is 0 Å². The lowest BCUT2D eigenvalue weighted by Gasteiger charge is -2.40. The highest BCUT2D eigenvalue weighted by atomic mass is 32.2. The summed E-state index contributed by atoms with van der Waals surface area (Å²) < 4.78 is 28.6. The molecule has 0 spiro atoms. The highest BCUT2D eigenvalue weighted by Crippen LogP contribution is 2.25. The Hall–Kier alpha value is -1.56. The third kappa shape index (κ3) is 3.20. The second-order valence-corrected chi connectivity index (χ2v) is 8.13. The van der Waals surface area contributed by atoms with Gasteiger partial charge in [-0.05, 0) is 31.0 Å². The highest BCUT2D eigenvalue weighted by Gasteiger charge is 2.40. The molecule has 1 unspecified atom stereocenters. The van der Waals surface area contributed by atoms with Gasteiger partial charge in [-0.1, -0.05) is 12.1 Å². The second-order valence-electron chi connectivity index (χ2n) is 5.90. The first kappa shape index (κ1) is 14.4. The number of likely N-dealkylation sites (tertiary alicyclic amines) is 1. The molecule has 2 saturated heterocycles. The van der Waals surface area contributed by atoms with Crippen LogP contribution in [0.3, 0.4) is 0 Å². The lowest BCUT2D eigenvalue weighted by Crippen LogP contribution is -2.57. The number of amides is 1. The van der Waals surface area contributed by atoms with Gasteiger partial charge in [0.05, 0.1) is 30.5 Å². The van der Waals surface area contributed by atoms with E-state index >= 15 is 0 Å². The summed E-state index contributed by atoms with van der Waals surface area (Å²) in [4.78, 5) is 13.9. The number of carbonyl (C=O) groups excluding carboxylic acids is 1. The number of hydrogen-bond donors (Lipinski definition) is 0. The Morgan fingerprint density at radius 1 is 1.33 bits per heavy atom. The summed E-state index contributed by atoms with van der Waals surface area (Å²) in [6.45, 7) is 3.09. The molecule has 0 bridgehead atoms. The molecular formula is C15H19NO4S. The van der Waals surface area contributed by atoms with E-state index < -0.39 is 9.84 Å². The lowest BCUT2D eigenvalue weighted by atomic mass is 10.0. The number of benzene rings is 1. The van der Waals surface area contributed by atoms with Crippen LogP contribution in [0.2, 0.25) is 0 Å². The first-order chi connectivity index (χ1) is 9.93. The zero-order valence-corrected chi connectivity index (χ0v) is 12.8. The van der Waals surface area contributed by atoms with E-state index in [2.05, 4.69) is 0 Å². The third-order valence-corrected chi connectivity index (χ3v) is 5.80. The van der Waals surface area contributed by atoms with Crippen LogP contribution in [0, 0.1) is 12.8 Å². The lowest BCUT2D eigenvalue weighted by molar-refractivity contribution is -0.143. The van der Waals surface area contributed by atoms with Gasteiger partial charge in [0.1, 0.15) is 11.9 Å². The Labute approximate surface area is 124 Å². The summed E-state index contributed by atoms with van der Waals surface area (Å²) in [5.41, 5.74) is 1.14. The summed E-state index contributed by atoms with van der Waals surface area (Å²) in [6, 6.07) is 7.81. The van der Waals surface area contributed by atoms with Crippen molar-refractivity contribution in [2.24, 2.45) is 5.92 Å². The predicted molar refractivity (Wildman–Crippen MR) is 78.9 cm³/mol. The number of aryl methyl sites for hydroxylation is 1. The molecule has 0 aromatic heterocycles. The first-order valence-corrected chi connectivity index (χ1v) is 8.98. The van der Waals surface area contributed by atoms with Crippen molar-refractivity contribution in [1.82, 2.24) is 4.90 Å². The molecule has 2 heterocycles. The highest BCUT2D eigenvalue weighted by molar-refractivity contribution is 7.91. The monoisotopic (exact) mass is 309 g/mol. The Kier molecular flexibility index (Phi) is 3.65. The maximum atomic E-state index is 12.2. The standard InChI is InChI=1S/C15H19NO4S/c1-11-3-2-4-13(7-11)20-14-8-16(9-14)15(17)12-5-6-21(18,19)10-12/h2-4,7,12,14H,5-6,8-10H2,1H3. The van der Waals surface area contributed by atoms with Crippen LogP contribution in [0.4, 0.5) is 0 Å². The van der Waals surface area contributed by atoms with Crippen LogP contribution >= 0.6 is 0 Å². The quantitative estimate of drug-likeness (QED) is 0.836. The maximum absolute atomic E-state index is 12.2. The van der Waals surface area contributed by atoms with E-state index in [0.717, 1.165) is 11.3 Å². The van der Waals surface area contributed by atoms with Gasteiger partial charge in [-0.15, -0.1) is 0 Å². The van der Waals surface area contributed by atoms with E-state index in [4.69, 9.17) is 4.74 Å². The van der Waals surface area contributed by atoms with Crippen LogP contribution in [-0.4, -0.2) is 49.9 Å². The van der Waals surface area contributed by atoms with E-state index in [0.29, 0.717) is 19.5 Å². The van der Waals surface area contributed by atoms with Gasteiger partial charge in [0.15, 0.2) is 9.84 Å². The number of ether oxygens (including phenoxy) is 1. The molecule has 1 amide bonds. The van der Waals surface area contributed by atoms with E-state index in [1.54, 1.807) is 4.90 Å². The van der Waals surface area contributed by atoms with Crippen molar-refractivity contribution in [1.29, 1.82) is 0 Å². The van der Waals surface area contributed by atoms with Gasteiger partial charge in [-0.25, -0.2) is 8.42 Å². The van der Waals surface area contributed by atoms with Gasteiger partial charge in [0.25, 0.3) is 0 Å². The smallest absolute Gasteiger partial charge is 0.227 e. The number of carbonyl (C=O) groups is 1. The molecule has 6 heteroatoms. The first-order valence-electron chi connectivity index (χ1n) is 7.15. The minimum atomic E-state index is -3.00. The van der Waals surface area contributed by atoms with Crippen LogP contribution in [0.25, 0.3) is 0 Å². The minimum absolute atomic E-state index is 0.00569. The molecule has 114 valence electrons. The van der Waals surface area contributed by atoms with Gasteiger partial charge < -0.3 is 9.64 Å². The van der Waals surface area contributed by atoms with Crippen LogP contribution in [0.15, 0.2) is 24.3 Å². The van der Waals surface area contributed by atoms with Gasteiger partial charge in [0, 0.05) is 0 Å². The molecule has 2 fully saturated rings. The summed E-state index contributed by atoms with van der Waals surface area (Å²) in [5, 5.41) is 0. The molecule has 0 radical (unpaired) electrons. The topological polar surface area (TPSA) is 63.7 Å². The molecule has 2 aliphatic heterocycles. The van der Waals surface area contributed by atoms with Gasteiger partial charge in [-0.2, -0.15) is 0 Å². The van der Waals surface area contributed by atoms with Crippen LogP contribution in [0.1, 0.15) is 12.0 Å². The molecule has 1 aromatic rings. The van der Waals surface area contributed by atoms with Crippen LogP contribution in [-0.2, 0) is 14.6 Å². The van der Waals surface area contributed by atoms with Crippen molar-refractivity contribution >= 4 is 15.7 Å². The van der Waals surface area contributed by atoms with Crippen LogP contribution in [0.5, 0.6) is 5.75 Å². The largest absolute Gasteiger partial charge is 0.487 e. The second kappa shape index (κ2) is 5.33. The maximum Gasteiger partial charge on any atom is 0.227 e. The average Bonchev–Trinajstić information content (AvgIpc) is 2.73. The number of rotatable bonds is 3. The minimum Gasteiger partial charge on any atom is -0.487 e. The van der Waals surface area contributed by atoms with Crippen molar-refractivity contribution in [3.05, 3.63) is 29.8 Å². The summed E-state index contributed by atoms with van der Waals surface area (Å²) >= 11 is 0. The normalized spacial score (nSPS) is 24.6.